The van der Waals surface area contributed by atoms with E-state index in [1.807, 2.05) is 19.2 Å². The van der Waals surface area contributed by atoms with Gasteiger partial charge in [-0.25, -0.2) is 0 Å². The number of carbonyl (C=O) groups is 2. The molecule has 0 spiro atoms. The lowest BCUT2D eigenvalue weighted by atomic mass is 10.0. The lowest BCUT2D eigenvalue weighted by Gasteiger charge is -2.21. The monoisotopic (exact) mass is 319 g/mol. The summed E-state index contributed by atoms with van der Waals surface area (Å²) in [4.78, 5) is 31.4. The van der Waals surface area contributed by atoms with Gasteiger partial charge in [-0.15, -0.1) is 0 Å². The Morgan fingerprint density at radius 3 is 2.65 bits per heavy atom. The van der Waals surface area contributed by atoms with Crippen LogP contribution in [0.5, 0.6) is 0 Å². The highest BCUT2D eigenvalue weighted by Gasteiger charge is 2.35. The molecule has 23 heavy (non-hydrogen) atoms. The minimum absolute atomic E-state index is 0.0352. The second-order valence-electron chi connectivity index (χ2n) is 6.08. The van der Waals surface area contributed by atoms with E-state index in [0.29, 0.717) is 26.1 Å². The highest BCUT2D eigenvalue weighted by Crippen LogP contribution is 2.23. The fraction of sp³-hybridized carbons (Fsp3) is 0.588. The summed E-state index contributed by atoms with van der Waals surface area (Å²) in [6.07, 6.45) is 4.68. The highest BCUT2D eigenvalue weighted by molar-refractivity contribution is 5.77. The molecule has 0 aromatic carbocycles. The predicted molar refractivity (Wildman–Crippen MR) is 86.7 cm³/mol. The van der Waals surface area contributed by atoms with Gasteiger partial charge in [0, 0.05) is 65.4 Å². The molecule has 2 amide bonds. The van der Waals surface area contributed by atoms with Crippen molar-refractivity contribution < 1.29 is 14.3 Å². The number of nitrogens with zero attached hydrogens (tertiary/aromatic N) is 3. The minimum atomic E-state index is -0.0588. The number of hydrogen-bond acceptors (Lipinski definition) is 4. The molecule has 0 unspecified atom stereocenters. The number of rotatable bonds is 6. The van der Waals surface area contributed by atoms with Crippen LogP contribution in [-0.4, -0.2) is 66.5 Å². The lowest BCUT2D eigenvalue weighted by Crippen LogP contribution is -2.33. The van der Waals surface area contributed by atoms with E-state index >= 15 is 0 Å². The van der Waals surface area contributed by atoms with Gasteiger partial charge in [0.25, 0.3) is 0 Å². The molecule has 6 nitrogen and oxygen atoms in total. The van der Waals surface area contributed by atoms with Gasteiger partial charge < -0.3 is 14.5 Å². The molecule has 0 aliphatic carbocycles. The van der Waals surface area contributed by atoms with Gasteiger partial charge >= 0.3 is 0 Å². The summed E-state index contributed by atoms with van der Waals surface area (Å²) in [5.41, 5.74) is 1.16. The Hall–Kier alpha value is -1.95. The third kappa shape index (κ3) is 4.76. The highest BCUT2D eigenvalue weighted by atomic mass is 16.5. The first-order valence-corrected chi connectivity index (χ1v) is 7.92. The summed E-state index contributed by atoms with van der Waals surface area (Å²) in [5, 5.41) is 0. The van der Waals surface area contributed by atoms with Crippen LogP contribution in [-0.2, 0) is 20.7 Å². The number of hydrogen-bond donors (Lipinski definition) is 0. The normalized spacial score (nSPS) is 20.6. The van der Waals surface area contributed by atoms with E-state index in [9.17, 15) is 9.59 Å². The molecule has 0 radical (unpaired) electrons. The first-order chi connectivity index (χ1) is 11.0. The molecule has 2 rings (SSSR count). The van der Waals surface area contributed by atoms with Crippen molar-refractivity contribution in [2.24, 2.45) is 5.92 Å². The molecule has 126 valence electrons. The Bertz CT molecular complexity index is 535. The molecular formula is C17H25N3O3. The van der Waals surface area contributed by atoms with E-state index < -0.39 is 0 Å². The Labute approximate surface area is 137 Å². The molecule has 1 aliphatic rings. The number of likely N-dealkylation sites (tertiary alicyclic amines) is 1. The molecule has 1 fully saturated rings. The molecule has 2 heterocycles. The number of ether oxygens (including phenoxy) is 1. The van der Waals surface area contributed by atoms with Crippen LogP contribution in [0.15, 0.2) is 24.5 Å². The van der Waals surface area contributed by atoms with E-state index in [1.54, 1.807) is 36.2 Å². The summed E-state index contributed by atoms with van der Waals surface area (Å²) < 4.78 is 5.44. The lowest BCUT2D eigenvalue weighted by molar-refractivity contribution is -0.132. The zero-order valence-corrected chi connectivity index (χ0v) is 14.1. The van der Waals surface area contributed by atoms with Crippen molar-refractivity contribution in [1.82, 2.24) is 14.8 Å². The van der Waals surface area contributed by atoms with Crippen LogP contribution >= 0.6 is 0 Å². The molecule has 1 aromatic heterocycles. The smallest absolute Gasteiger partial charge is 0.222 e. The van der Waals surface area contributed by atoms with E-state index in [0.717, 1.165) is 12.0 Å². The molecule has 1 aliphatic heterocycles. The van der Waals surface area contributed by atoms with E-state index in [2.05, 4.69) is 4.98 Å². The van der Waals surface area contributed by atoms with Crippen LogP contribution in [0.2, 0.25) is 0 Å². The zero-order chi connectivity index (χ0) is 16.8. The van der Waals surface area contributed by atoms with Crippen molar-refractivity contribution in [3.8, 4) is 0 Å². The topological polar surface area (TPSA) is 62.7 Å². The number of carbonyl (C=O) groups excluding carboxylic acids is 2. The van der Waals surface area contributed by atoms with Crippen molar-refractivity contribution in [2.75, 3.05) is 33.8 Å². The Morgan fingerprint density at radius 1 is 1.35 bits per heavy atom. The van der Waals surface area contributed by atoms with Gasteiger partial charge in [0.15, 0.2) is 0 Å². The van der Waals surface area contributed by atoms with Crippen LogP contribution in [0, 0.1) is 5.92 Å². The average Bonchev–Trinajstić information content (AvgIpc) is 2.96. The molecule has 0 saturated carbocycles. The SMILES string of the molecule is CO[C@H]1CN(C(C)=O)C[C@@H]1CC(=O)N(C)CCc1ccncc1. The van der Waals surface area contributed by atoms with Gasteiger partial charge in [-0.1, -0.05) is 0 Å². The van der Waals surface area contributed by atoms with Crippen molar-refractivity contribution in [2.45, 2.75) is 25.9 Å². The van der Waals surface area contributed by atoms with Gasteiger partial charge in [-0.3, -0.25) is 14.6 Å². The maximum absolute atomic E-state index is 12.4. The number of aromatic nitrogens is 1. The number of likely N-dealkylation sites (N-methyl/N-ethyl adjacent to an activating group) is 1. The zero-order valence-electron chi connectivity index (χ0n) is 14.1. The quantitative estimate of drug-likeness (QED) is 0.784. The van der Waals surface area contributed by atoms with Gasteiger partial charge in [-0.2, -0.15) is 0 Å². The molecule has 1 saturated heterocycles. The van der Waals surface area contributed by atoms with Crippen LogP contribution in [0.25, 0.3) is 0 Å². The third-order valence-electron chi connectivity index (χ3n) is 4.48. The largest absolute Gasteiger partial charge is 0.379 e. The molecule has 2 atom stereocenters. The molecular weight excluding hydrogens is 294 g/mol. The van der Waals surface area contributed by atoms with E-state index in [-0.39, 0.29) is 23.8 Å². The Kier molecular flexibility index (Phi) is 6.10. The van der Waals surface area contributed by atoms with Crippen molar-refractivity contribution >= 4 is 11.8 Å². The van der Waals surface area contributed by atoms with Crippen molar-refractivity contribution in [3.05, 3.63) is 30.1 Å². The van der Waals surface area contributed by atoms with Gasteiger partial charge in [0.2, 0.25) is 11.8 Å². The van der Waals surface area contributed by atoms with Crippen LogP contribution in [0.4, 0.5) is 0 Å². The fourth-order valence-corrected chi connectivity index (χ4v) is 2.91. The average molecular weight is 319 g/mol. The second kappa shape index (κ2) is 8.06. The standard InChI is InChI=1S/C17H25N3O3/c1-13(21)20-11-15(16(12-20)23-3)10-17(22)19(2)9-6-14-4-7-18-8-5-14/h4-5,7-8,15-16H,6,9-12H2,1-3H3/t15-,16-/m0/s1. The second-order valence-corrected chi connectivity index (χ2v) is 6.08. The van der Waals surface area contributed by atoms with Crippen LogP contribution in [0.1, 0.15) is 18.9 Å². The maximum atomic E-state index is 12.4. The minimum Gasteiger partial charge on any atom is -0.379 e. The van der Waals surface area contributed by atoms with Crippen molar-refractivity contribution in [3.63, 3.8) is 0 Å². The predicted octanol–water partition coefficient (Wildman–Crippen LogP) is 0.966. The maximum Gasteiger partial charge on any atom is 0.222 e. The first kappa shape index (κ1) is 17.4. The summed E-state index contributed by atoms with van der Waals surface area (Å²) in [6, 6.07) is 3.92. The fourth-order valence-electron chi connectivity index (χ4n) is 2.91. The summed E-state index contributed by atoms with van der Waals surface area (Å²) >= 11 is 0. The molecule has 0 bridgehead atoms. The molecule has 6 heteroatoms. The third-order valence-corrected chi connectivity index (χ3v) is 4.48. The number of pyridine rings is 1. The van der Waals surface area contributed by atoms with Crippen LogP contribution in [0.3, 0.4) is 0 Å². The van der Waals surface area contributed by atoms with E-state index in [4.69, 9.17) is 4.74 Å². The van der Waals surface area contributed by atoms with Gasteiger partial charge in [0.1, 0.15) is 0 Å². The van der Waals surface area contributed by atoms with Gasteiger partial charge in [-0.05, 0) is 24.1 Å². The number of methoxy groups -OCH3 is 1. The number of amides is 2. The molecule has 0 N–H and O–H groups in total. The van der Waals surface area contributed by atoms with Crippen molar-refractivity contribution in [1.29, 1.82) is 0 Å². The summed E-state index contributed by atoms with van der Waals surface area (Å²) in [6.45, 7) is 3.39. The van der Waals surface area contributed by atoms with Gasteiger partial charge in [0.05, 0.1) is 6.10 Å². The molecule has 1 aromatic rings. The Morgan fingerprint density at radius 2 is 2.04 bits per heavy atom. The van der Waals surface area contributed by atoms with E-state index in [1.165, 1.54) is 0 Å². The summed E-state index contributed by atoms with van der Waals surface area (Å²) in [7, 11) is 3.46. The Balaban J connectivity index is 1.84. The van der Waals surface area contributed by atoms with Crippen LogP contribution < -0.4 is 0 Å². The first-order valence-electron chi connectivity index (χ1n) is 7.92. The summed E-state index contributed by atoms with van der Waals surface area (Å²) in [5.74, 6) is 0.198.